The van der Waals surface area contributed by atoms with E-state index in [1.807, 2.05) is 19.9 Å². The average molecular weight is 309 g/mol. The van der Waals surface area contributed by atoms with Crippen LogP contribution in [0.4, 0.5) is 0 Å². The molecule has 1 rings (SSSR count). The number of halogens is 1. The molecule has 3 heteroatoms. The number of rotatable bonds is 6. The van der Waals surface area contributed by atoms with Gasteiger partial charge in [0.1, 0.15) is 0 Å². The van der Waals surface area contributed by atoms with Crippen LogP contribution in [0, 0.1) is 16.7 Å². The number of hydrogen-bond acceptors (Lipinski definition) is 2. The minimum Gasteiger partial charge on any atom is -0.302 e. The standard InChI is InChI=1S/C15H21BrN2/c1-15(2,12-17)8-5-9-18(3)11-13-6-4-7-14(16)10-13/h4,6-7,10H,5,8-9,11H2,1-3H3. The van der Waals surface area contributed by atoms with E-state index >= 15 is 0 Å². The van der Waals surface area contributed by atoms with E-state index in [1.54, 1.807) is 0 Å². The van der Waals surface area contributed by atoms with Crippen molar-refractivity contribution in [1.82, 2.24) is 4.90 Å². The predicted octanol–water partition coefficient (Wildman–Crippen LogP) is 4.21. The summed E-state index contributed by atoms with van der Waals surface area (Å²) >= 11 is 3.49. The van der Waals surface area contributed by atoms with Gasteiger partial charge in [0, 0.05) is 11.0 Å². The molecule has 0 aliphatic carbocycles. The highest BCUT2D eigenvalue weighted by Gasteiger charge is 2.15. The van der Waals surface area contributed by atoms with Crippen LogP contribution in [0.2, 0.25) is 0 Å². The second-order valence-electron chi connectivity index (χ2n) is 5.47. The zero-order valence-electron chi connectivity index (χ0n) is 11.4. The van der Waals surface area contributed by atoms with Crippen LogP contribution in [-0.2, 0) is 6.54 Å². The summed E-state index contributed by atoms with van der Waals surface area (Å²) < 4.78 is 1.12. The molecule has 1 aromatic carbocycles. The highest BCUT2D eigenvalue weighted by Crippen LogP contribution is 2.21. The van der Waals surface area contributed by atoms with E-state index in [-0.39, 0.29) is 5.41 Å². The zero-order valence-corrected chi connectivity index (χ0v) is 13.0. The average Bonchev–Trinajstić information content (AvgIpc) is 2.28. The van der Waals surface area contributed by atoms with Gasteiger partial charge in [-0.2, -0.15) is 5.26 Å². The smallest absolute Gasteiger partial charge is 0.0683 e. The van der Waals surface area contributed by atoms with Crippen molar-refractivity contribution in [2.45, 2.75) is 33.2 Å². The van der Waals surface area contributed by atoms with Gasteiger partial charge >= 0.3 is 0 Å². The van der Waals surface area contributed by atoms with E-state index in [1.165, 1.54) is 5.56 Å². The van der Waals surface area contributed by atoms with Crippen LogP contribution in [0.5, 0.6) is 0 Å². The molecule has 0 saturated heterocycles. The third-order valence-electron chi connectivity index (χ3n) is 2.99. The van der Waals surface area contributed by atoms with Crippen molar-refractivity contribution in [2.75, 3.05) is 13.6 Å². The molecule has 18 heavy (non-hydrogen) atoms. The summed E-state index contributed by atoms with van der Waals surface area (Å²) in [4.78, 5) is 2.30. The van der Waals surface area contributed by atoms with Crippen LogP contribution in [0.25, 0.3) is 0 Å². The lowest BCUT2D eigenvalue weighted by atomic mass is 9.90. The van der Waals surface area contributed by atoms with E-state index in [0.29, 0.717) is 0 Å². The first-order valence-corrected chi connectivity index (χ1v) is 7.06. The fourth-order valence-corrected chi connectivity index (χ4v) is 2.32. The predicted molar refractivity (Wildman–Crippen MR) is 79.1 cm³/mol. The molecular formula is C15H21BrN2. The molecule has 0 aliphatic heterocycles. The van der Waals surface area contributed by atoms with Gasteiger partial charge in [0.05, 0.1) is 11.5 Å². The lowest BCUT2D eigenvalue weighted by Crippen LogP contribution is -2.20. The molecule has 0 N–H and O–H groups in total. The summed E-state index contributed by atoms with van der Waals surface area (Å²) in [5, 5.41) is 8.96. The largest absolute Gasteiger partial charge is 0.302 e. The number of hydrogen-bond donors (Lipinski definition) is 0. The third-order valence-corrected chi connectivity index (χ3v) is 3.48. The van der Waals surface area contributed by atoms with E-state index in [0.717, 1.165) is 30.4 Å². The number of nitrogens with zero attached hydrogens (tertiary/aromatic N) is 2. The van der Waals surface area contributed by atoms with Crippen LogP contribution in [0.1, 0.15) is 32.3 Å². The molecule has 0 saturated carbocycles. The number of benzene rings is 1. The second-order valence-corrected chi connectivity index (χ2v) is 6.38. The first-order chi connectivity index (χ1) is 8.43. The molecule has 0 unspecified atom stereocenters. The fraction of sp³-hybridized carbons (Fsp3) is 0.533. The van der Waals surface area contributed by atoms with Gasteiger partial charge in [0.15, 0.2) is 0 Å². The normalized spacial score (nSPS) is 11.6. The van der Waals surface area contributed by atoms with Crippen molar-refractivity contribution < 1.29 is 0 Å². The van der Waals surface area contributed by atoms with Crippen LogP contribution in [0.3, 0.4) is 0 Å². The van der Waals surface area contributed by atoms with Gasteiger partial charge in [0.2, 0.25) is 0 Å². The molecule has 0 bridgehead atoms. The Morgan fingerprint density at radius 3 is 2.72 bits per heavy atom. The fourth-order valence-electron chi connectivity index (χ4n) is 1.87. The Hall–Kier alpha value is -0.850. The molecule has 0 atom stereocenters. The van der Waals surface area contributed by atoms with Gasteiger partial charge in [-0.3, -0.25) is 0 Å². The third kappa shape index (κ3) is 5.66. The van der Waals surface area contributed by atoms with Gasteiger partial charge in [-0.1, -0.05) is 28.1 Å². The first kappa shape index (κ1) is 15.2. The molecule has 0 aromatic heterocycles. The van der Waals surface area contributed by atoms with Crippen LogP contribution in [-0.4, -0.2) is 18.5 Å². The maximum atomic E-state index is 8.96. The quantitative estimate of drug-likeness (QED) is 0.787. The molecule has 0 radical (unpaired) electrons. The summed E-state index contributed by atoms with van der Waals surface area (Å²) in [5.41, 5.74) is 1.11. The van der Waals surface area contributed by atoms with E-state index in [9.17, 15) is 0 Å². The summed E-state index contributed by atoms with van der Waals surface area (Å²) in [6.45, 7) is 5.98. The highest BCUT2D eigenvalue weighted by atomic mass is 79.9. The van der Waals surface area contributed by atoms with E-state index in [2.05, 4.69) is 52.1 Å². The Balaban J connectivity index is 2.35. The summed E-state index contributed by atoms with van der Waals surface area (Å²) in [7, 11) is 2.13. The van der Waals surface area contributed by atoms with Crippen molar-refractivity contribution in [1.29, 1.82) is 5.26 Å². The summed E-state index contributed by atoms with van der Waals surface area (Å²) in [6, 6.07) is 10.7. The van der Waals surface area contributed by atoms with Crippen molar-refractivity contribution in [3.8, 4) is 6.07 Å². The molecule has 0 fully saturated rings. The molecule has 0 aliphatic rings. The first-order valence-electron chi connectivity index (χ1n) is 6.27. The van der Waals surface area contributed by atoms with Gasteiger partial charge in [-0.15, -0.1) is 0 Å². The van der Waals surface area contributed by atoms with Crippen LogP contribution >= 0.6 is 15.9 Å². The summed E-state index contributed by atoms with van der Waals surface area (Å²) in [6.07, 6.45) is 2.01. The topological polar surface area (TPSA) is 27.0 Å². The molecule has 0 spiro atoms. The van der Waals surface area contributed by atoms with Crippen molar-refractivity contribution in [3.63, 3.8) is 0 Å². The van der Waals surface area contributed by atoms with Gasteiger partial charge in [-0.25, -0.2) is 0 Å². The molecule has 1 aromatic rings. The van der Waals surface area contributed by atoms with Crippen LogP contribution in [0.15, 0.2) is 28.7 Å². The monoisotopic (exact) mass is 308 g/mol. The lowest BCUT2D eigenvalue weighted by molar-refractivity contribution is 0.298. The minimum atomic E-state index is -0.198. The van der Waals surface area contributed by atoms with Crippen molar-refractivity contribution in [3.05, 3.63) is 34.3 Å². The van der Waals surface area contributed by atoms with E-state index in [4.69, 9.17) is 5.26 Å². The Morgan fingerprint density at radius 2 is 2.11 bits per heavy atom. The Morgan fingerprint density at radius 1 is 1.39 bits per heavy atom. The molecule has 2 nitrogen and oxygen atoms in total. The van der Waals surface area contributed by atoms with Crippen LogP contribution < -0.4 is 0 Å². The second kappa shape index (κ2) is 6.92. The molecule has 98 valence electrons. The van der Waals surface area contributed by atoms with Gasteiger partial charge in [-0.05, 0) is 58.0 Å². The Labute approximate surface area is 119 Å². The van der Waals surface area contributed by atoms with Gasteiger partial charge in [0.25, 0.3) is 0 Å². The van der Waals surface area contributed by atoms with Gasteiger partial charge < -0.3 is 4.90 Å². The maximum absolute atomic E-state index is 8.96. The SMILES string of the molecule is CN(CCCC(C)(C)C#N)Cc1cccc(Br)c1. The molecule has 0 heterocycles. The Kier molecular flexibility index (Phi) is 5.84. The maximum Gasteiger partial charge on any atom is 0.0683 e. The van der Waals surface area contributed by atoms with Crippen molar-refractivity contribution in [2.24, 2.45) is 5.41 Å². The minimum absolute atomic E-state index is 0.198. The number of nitriles is 1. The van der Waals surface area contributed by atoms with Crippen molar-refractivity contribution >= 4 is 15.9 Å². The molecule has 0 amide bonds. The van der Waals surface area contributed by atoms with E-state index < -0.39 is 0 Å². The Bertz CT molecular complexity index is 421. The summed E-state index contributed by atoms with van der Waals surface area (Å²) in [5.74, 6) is 0. The lowest BCUT2D eigenvalue weighted by Gasteiger charge is -2.20. The highest BCUT2D eigenvalue weighted by molar-refractivity contribution is 9.10. The zero-order chi connectivity index (χ0) is 13.6. The molecular weight excluding hydrogens is 288 g/mol.